The van der Waals surface area contributed by atoms with Gasteiger partial charge < -0.3 is 4.40 Å². The summed E-state index contributed by atoms with van der Waals surface area (Å²) in [6.07, 6.45) is 3.79. The Kier molecular flexibility index (Phi) is 3.41. The number of imidazole rings is 1. The highest BCUT2D eigenvalue weighted by Gasteiger charge is 2.13. The molecule has 126 valence electrons. The lowest BCUT2D eigenvalue weighted by atomic mass is 10.1. The summed E-state index contributed by atoms with van der Waals surface area (Å²) >= 11 is 7.63. The van der Waals surface area contributed by atoms with Crippen LogP contribution in [0.5, 0.6) is 0 Å². The SMILES string of the molecule is O=c1[nH]nc(-c2ccc(-c3cn4cc(Cl)ccc4n3)s2)c2ccccc12. The van der Waals surface area contributed by atoms with Gasteiger partial charge in [0, 0.05) is 17.8 Å². The van der Waals surface area contributed by atoms with Crippen molar-refractivity contribution in [3.8, 4) is 21.1 Å². The molecule has 0 bridgehead atoms. The molecule has 0 radical (unpaired) electrons. The Morgan fingerprint density at radius 2 is 1.77 bits per heavy atom. The third-order valence-electron chi connectivity index (χ3n) is 4.20. The van der Waals surface area contributed by atoms with E-state index in [-0.39, 0.29) is 5.56 Å². The molecule has 0 atom stereocenters. The molecule has 0 aliphatic rings. The van der Waals surface area contributed by atoms with Gasteiger partial charge in [0.25, 0.3) is 5.56 Å². The average Bonchev–Trinajstić information content (AvgIpc) is 3.28. The topological polar surface area (TPSA) is 63.0 Å². The maximum absolute atomic E-state index is 12.0. The second kappa shape index (κ2) is 5.79. The third-order valence-corrected chi connectivity index (χ3v) is 5.54. The second-order valence-electron chi connectivity index (χ2n) is 5.85. The van der Waals surface area contributed by atoms with Crippen molar-refractivity contribution < 1.29 is 0 Å². The van der Waals surface area contributed by atoms with Crippen LogP contribution in [0.15, 0.2) is 65.7 Å². The first-order valence-electron chi connectivity index (χ1n) is 7.91. The lowest BCUT2D eigenvalue weighted by Gasteiger charge is -2.01. The van der Waals surface area contributed by atoms with E-state index in [4.69, 9.17) is 11.6 Å². The maximum atomic E-state index is 12.0. The van der Waals surface area contributed by atoms with Crippen molar-refractivity contribution in [2.45, 2.75) is 0 Å². The number of halogens is 1. The van der Waals surface area contributed by atoms with Gasteiger partial charge in [0.2, 0.25) is 0 Å². The molecule has 1 N–H and O–H groups in total. The van der Waals surface area contributed by atoms with Crippen molar-refractivity contribution in [2.75, 3.05) is 0 Å². The maximum Gasteiger partial charge on any atom is 0.272 e. The summed E-state index contributed by atoms with van der Waals surface area (Å²) in [6, 6.07) is 15.2. The molecule has 0 fully saturated rings. The van der Waals surface area contributed by atoms with Crippen LogP contribution in [0.25, 0.3) is 37.6 Å². The Hall–Kier alpha value is -2.96. The fraction of sp³-hybridized carbons (Fsp3) is 0. The van der Waals surface area contributed by atoms with Gasteiger partial charge in [0.15, 0.2) is 0 Å². The monoisotopic (exact) mass is 378 g/mol. The molecule has 1 aromatic carbocycles. The van der Waals surface area contributed by atoms with Crippen molar-refractivity contribution >= 4 is 39.4 Å². The molecular formula is C19H11ClN4OS. The molecule has 0 saturated carbocycles. The normalized spacial score (nSPS) is 11.4. The van der Waals surface area contributed by atoms with E-state index in [0.717, 1.165) is 32.2 Å². The summed E-state index contributed by atoms with van der Waals surface area (Å²) in [5.41, 5.74) is 2.30. The molecule has 5 aromatic rings. The van der Waals surface area contributed by atoms with Gasteiger partial charge in [0.05, 0.1) is 25.9 Å². The molecule has 0 aliphatic heterocycles. The first-order valence-corrected chi connectivity index (χ1v) is 9.11. The van der Waals surface area contributed by atoms with E-state index in [1.54, 1.807) is 17.4 Å². The number of aromatic nitrogens is 4. The predicted molar refractivity (Wildman–Crippen MR) is 105 cm³/mol. The second-order valence-corrected chi connectivity index (χ2v) is 7.37. The molecule has 4 heterocycles. The van der Waals surface area contributed by atoms with Crippen LogP contribution in [-0.2, 0) is 0 Å². The molecule has 0 aliphatic carbocycles. The van der Waals surface area contributed by atoms with Gasteiger partial charge in [-0.15, -0.1) is 11.3 Å². The van der Waals surface area contributed by atoms with E-state index in [0.29, 0.717) is 10.4 Å². The fourth-order valence-electron chi connectivity index (χ4n) is 2.99. The number of hydrogen-bond acceptors (Lipinski definition) is 4. The van der Waals surface area contributed by atoms with Crippen LogP contribution < -0.4 is 5.56 Å². The zero-order valence-electron chi connectivity index (χ0n) is 13.3. The summed E-state index contributed by atoms with van der Waals surface area (Å²) < 4.78 is 1.91. The minimum absolute atomic E-state index is 0.182. The molecule has 0 spiro atoms. The van der Waals surface area contributed by atoms with Crippen LogP contribution in [0, 0.1) is 0 Å². The molecule has 7 heteroatoms. The quantitative estimate of drug-likeness (QED) is 0.487. The van der Waals surface area contributed by atoms with E-state index < -0.39 is 0 Å². The molecule has 0 saturated heterocycles. The highest BCUT2D eigenvalue weighted by Crippen LogP contribution is 2.35. The average molecular weight is 379 g/mol. The Labute approximate surface area is 156 Å². The van der Waals surface area contributed by atoms with Crippen LogP contribution in [0.1, 0.15) is 0 Å². The van der Waals surface area contributed by atoms with E-state index in [1.807, 2.05) is 59.3 Å². The molecule has 5 nitrogen and oxygen atoms in total. The number of nitrogens with one attached hydrogen (secondary N) is 1. The number of pyridine rings is 1. The summed E-state index contributed by atoms with van der Waals surface area (Å²) in [7, 11) is 0. The number of rotatable bonds is 2. The Balaban J connectivity index is 1.64. The first-order chi connectivity index (χ1) is 12.7. The van der Waals surface area contributed by atoms with Gasteiger partial charge in [-0.25, -0.2) is 10.1 Å². The minimum Gasteiger partial charge on any atom is -0.305 e. The van der Waals surface area contributed by atoms with Gasteiger partial charge >= 0.3 is 0 Å². The first kappa shape index (κ1) is 15.3. The van der Waals surface area contributed by atoms with Crippen molar-refractivity contribution in [3.63, 3.8) is 0 Å². The Morgan fingerprint density at radius 3 is 2.65 bits per heavy atom. The lowest BCUT2D eigenvalue weighted by Crippen LogP contribution is -2.08. The van der Waals surface area contributed by atoms with Gasteiger partial charge in [0.1, 0.15) is 11.3 Å². The molecule has 26 heavy (non-hydrogen) atoms. The van der Waals surface area contributed by atoms with E-state index in [9.17, 15) is 4.79 Å². The van der Waals surface area contributed by atoms with Crippen LogP contribution in [-0.4, -0.2) is 19.6 Å². The molecule has 0 unspecified atom stereocenters. The zero-order chi connectivity index (χ0) is 17.7. The number of nitrogens with zero attached hydrogens (tertiary/aromatic N) is 3. The minimum atomic E-state index is -0.182. The van der Waals surface area contributed by atoms with Crippen LogP contribution in [0.4, 0.5) is 0 Å². The van der Waals surface area contributed by atoms with Crippen molar-refractivity contribution in [3.05, 3.63) is 76.3 Å². The molecule has 4 aromatic heterocycles. The van der Waals surface area contributed by atoms with Gasteiger partial charge in [-0.05, 0) is 30.3 Å². The zero-order valence-corrected chi connectivity index (χ0v) is 14.9. The van der Waals surface area contributed by atoms with Crippen molar-refractivity contribution in [1.82, 2.24) is 19.6 Å². The van der Waals surface area contributed by atoms with Crippen LogP contribution >= 0.6 is 22.9 Å². The number of benzene rings is 1. The molecule has 0 amide bonds. The van der Waals surface area contributed by atoms with Crippen molar-refractivity contribution in [1.29, 1.82) is 0 Å². The predicted octanol–water partition coefficient (Wildman–Crippen LogP) is 4.62. The van der Waals surface area contributed by atoms with Crippen LogP contribution in [0.3, 0.4) is 0 Å². The van der Waals surface area contributed by atoms with Gasteiger partial charge in [-0.1, -0.05) is 29.8 Å². The number of thiophene rings is 1. The number of H-pyrrole nitrogens is 1. The molecular weight excluding hydrogens is 368 g/mol. The Morgan fingerprint density at radius 1 is 0.962 bits per heavy atom. The number of fused-ring (bicyclic) bond motifs is 2. The van der Waals surface area contributed by atoms with Crippen LogP contribution in [0.2, 0.25) is 5.02 Å². The van der Waals surface area contributed by atoms with Gasteiger partial charge in [-0.3, -0.25) is 4.79 Å². The lowest BCUT2D eigenvalue weighted by molar-refractivity contribution is 1.02. The largest absolute Gasteiger partial charge is 0.305 e. The number of aromatic amines is 1. The highest BCUT2D eigenvalue weighted by molar-refractivity contribution is 7.18. The summed E-state index contributed by atoms with van der Waals surface area (Å²) in [4.78, 5) is 18.6. The molecule has 5 rings (SSSR count). The number of hydrogen-bond donors (Lipinski definition) is 1. The van der Waals surface area contributed by atoms with E-state index >= 15 is 0 Å². The van der Waals surface area contributed by atoms with Gasteiger partial charge in [-0.2, -0.15) is 5.10 Å². The Bertz CT molecular complexity index is 1330. The van der Waals surface area contributed by atoms with E-state index in [1.165, 1.54) is 0 Å². The van der Waals surface area contributed by atoms with Crippen molar-refractivity contribution in [2.24, 2.45) is 0 Å². The smallest absolute Gasteiger partial charge is 0.272 e. The summed E-state index contributed by atoms with van der Waals surface area (Å²) in [5.74, 6) is 0. The standard InChI is InChI=1S/C19H11ClN4OS/c20-11-5-8-17-21-14(10-24(17)9-11)15-6-7-16(26-15)18-12-3-1-2-4-13(12)19(25)23-22-18/h1-10H,(H,23,25). The summed E-state index contributed by atoms with van der Waals surface area (Å²) in [6.45, 7) is 0. The van der Waals surface area contributed by atoms with E-state index in [2.05, 4.69) is 15.2 Å². The third kappa shape index (κ3) is 2.42. The summed E-state index contributed by atoms with van der Waals surface area (Å²) in [5, 5.41) is 8.99. The fourth-order valence-corrected chi connectivity index (χ4v) is 4.12. The highest BCUT2D eigenvalue weighted by atomic mass is 35.5.